The van der Waals surface area contributed by atoms with E-state index >= 15 is 0 Å². The highest BCUT2D eigenvalue weighted by atomic mass is 16.5. The van der Waals surface area contributed by atoms with Crippen molar-refractivity contribution < 1.29 is 19.5 Å². The summed E-state index contributed by atoms with van der Waals surface area (Å²) in [4.78, 5) is 26.9. The predicted octanol–water partition coefficient (Wildman–Crippen LogP) is 4.05. The molecule has 4 rings (SSSR count). The van der Waals surface area contributed by atoms with Crippen LogP contribution in [0.4, 0.5) is 5.69 Å². The standard InChI is InChI=1S/C26H39N3O4/c30-25(28-32)21-10-12-22(13-11-21)29-16-14-19(15-17-29)18-27-24(20-6-4-5-7-20)26(31)33-23-8-2-1-3-9-23/h10-13,19-20,23-24,27,32H,1-9,14-18H2,(H,28,30). The first kappa shape index (κ1) is 24.0. The lowest BCUT2D eigenvalue weighted by Crippen LogP contribution is -2.47. The predicted molar refractivity (Wildman–Crippen MR) is 127 cm³/mol. The molecular formula is C26H39N3O4. The van der Waals surface area contributed by atoms with E-state index in [2.05, 4.69) is 10.2 Å². The molecule has 2 saturated carbocycles. The van der Waals surface area contributed by atoms with Gasteiger partial charge in [0.1, 0.15) is 12.1 Å². The fourth-order valence-electron chi connectivity index (χ4n) is 5.73. The Kier molecular flexibility index (Phi) is 8.62. The van der Waals surface area contributed by atoms with E-state index < -0.39 is 5.91 Å². The molecule has 1 atom stereocenters. The van der Waals surface area contributed by atoms with Gasteiger partial charge in [0, 0.05) is 24.3 Å². The van der Waals surface area contributed by atoms with Crippen LogP contribution in [-0.2, 0) is 9.53 Å². The van der Waals surface area contributed by atoms with Crippen LogP contribution in [0.3, 0.4) is 0 Å². The van der Waals surface area contributed by atoms with Gasteiger partial charge in [-0.3, -0.25) is 14.8 Å². The Bertz CT molecular complexity index is 764. The second-order valence-corrected chi connectivity index (χ2v) is 10.0. The molecule has 3 aliphatic rings. The number of carbonyl (C=O) groups is 2. The van der Waals surface area contributed by atoms with Crippen molar-refractivity contribution in [3.8, 4) is 0 Å². The zero-order valence-electron chi connectivity index (χ0n) is 19.6. The summed E-state index contributed by atoms with van der Waals surface area (Å²) in [6.07, 6.45) is 12.6. The number of nitrogens with one attached hydrogen (secondary N) is 2. The molecule has 1 aromatic carbocycles. The van der Waals surface area contributed by atoms with E-state index in [1.807, 2.05) is 12.1 Å². The van der Waals surface area contributed by atoms with Gasteiger partial charge in [-0.15, -0.1) is 0 Å². The highest BCUT2D eigenvalue weighted by molar-refractivity contribution is 5.93. The Morgan fingerprint density at radius 1 is 0.939 bits per heavy atom. The van der Waals surface area contributed by atoms with Gasteiger partial charge in [0.05, 0.1) is 0 Å². The summed E-state index contributed by atoms with van der Waals surface area (Å²) < 4.78 is 5.96. The van der Waals surface area contributed by atoms with Crippen molar-refractivity contribution >= 4 is 17.6 Å². The quantitative estimate of drug-likeness (QED) is 0.310. The minimum absolute atomic E-state index is 0.0155. The third kappa shape index (κ3) is 6.48. The highest BCUT2D eigenvalue weighted by Gasteiger charge is 2.34. The van der Waals surface area contributed by atoms with Crippen LogP contribution in [0.2, 0.25) is 0 Å². The van der Waals surface area contributed by atoms with E-state index in [4.69, 9.17) is 9.94 Å². The van der Waals surface area contributed by atoms with Crippen molar-refractivity contribution in [1.29, 1.82) is 0 Å². The maximum absolute atomic E-state index is 13.1. The number of anilines is 1. The molecule has 0 aromatic heterocycles. The summed E-state index contributed by atoms with van der Waals surface area (Å²) in [5, 5.41) is 12.4. The summed E-state index contributed by atoms with van der Waals surface area (Å²) in [5.74, 6) is 0.450. The maximum atomic E-state index is 13.1. The van der Waals surface area contributed by atoms with Crippen LogP contribution < -0.4 is 15.7 Å². The molecule has 1 aromatic rings. The van der Waals surface area contributed by atoms with Crippen LogP contribution in [0.15, 0.2) is 24.3 Å². The number of ether oxygens (including phenoxy) is 1. The van der Waals surface area contributed by atoms with Crippen LogP contribution in [0.25, 0.3) is 0 Å². The number of rotatable bonds is 8. The largest absolute Gasteiger partial charge is 0.461 e. The SMILES string of the molecule is O=C(NO)c1ccc(N2CCC(CNC(C(=O)OC3CCCCC3)C3CCCC3)CC2)cc1. The molecular weight excluding hydrogens is 418 g/mol. The van der Waals surface area contributed by atoms with Gasteiger partial charge in [-0.1, -0.05) is 19.3 Å². The third-order valence-electron chi connectivity index (χ3n) is 7.80. The molecule has 1 saturated heterocycles. The first-order chi connectivity index (χ1) is 16.1. The lowest BCUT2D eigenvalue weighted by Gasteiger charge is -2.35. The molecule has 3 fully saturated rings. The van der Waals surface area contributed by atoms with Crippen LogP contribution in [0.1, 0.15) is 81.0 Å². The molecule has 0 spiro atoms. The Hall–Kier alpha value is -2.12. The number of carbonyl (C=O) groups excluding carboxylic acids is 2. The molecule has 33 heavy (non-hydrogen) atoms. The average Bonchev–Trinajstić information content (AvgIpc) is 3.39. The third-order valence-corrected chi connectivity index (χ3v) is 7.80. The first-order valence-electron chi connectivity index (χ1n) is 12.9. The maximum Gasteiger partial charge on any atom is 0.323 e. The first-order valence-corrected chi connectivity index (χ1v) is 12.9. The number of hydrogen-bond donors (Lipinski definition) is 3. The Labute approximate surface area is 197 Å². The monoisotopic (exact) mass is 457 g/mol. The van der Waals surface area contributed by atoms with Gasteiger partial charge in [-0.25, -0.2) is 5.48 Å². The number of piperidine rings is 1. The lowest BCUT2D eigenvalue weighted by atomic mass is 9.93. The highest BCUT2D eigenvalue weighted by Crippen LogP contribution is 2.30. The fourth-order valence-corrected chi connectivity index (χ4v) is 5.73. The van der Waals surface area contributed by atoms with Gasteiger partial charge >= 0.3 is 5.97 Å². The van der Waals surface area contributed by atoms with Gasteiger partial charge in [-0.2, -0.15) is 0 Å². The zero-order chi connectivity index (χ0) is 23.0. The molecule has 7 heteroatoms. The van der Waals surface area contributed by atoms with Crippen LogP contribution in [0.5, 0.6) is 0 Å². The van der Waals surface area contributed by atoms with Crippen molar-refractivity contribution in [3.63, 3.8) is 0 Å². The van der Waals surface area contributed by atoms with Crippen LogP contribution in [0, 0.1) is 11.8 Å². The number of hydrogen-bond acceptors (Lipinski definition) is 6. The van der Waals surface area contributed by atoms with Gasteiger partial charge in [0.2, 0.25) is 0 Å². The van der Waals surface area contributed by atoms with E-state index in [1.54, 1.807) is 17.6 Å². The van der Waals surface area contributed by atoms with Crippen molar-refractivity contribution in [1.82, 2.24) is 10.8 Å². The molecule has 3 N–H and O–H groups in total. The van der Waals surface area contributed by atoms with E-state index in [9.17, 15) is 9.59 Å². The molecule has 1 amide bonds. The van der Waals surface area contributed by atoms with Crippen LogP contribution in [-0.4, -0.2) is 48.9 Å². The summed E-state index contributed by atoms with van der Waals surface area (Å²) in [6, 6.07) is 7.18. The zero-order valence-corrected chi connectivity index (χ0v) is 19.6. The molecule has 2 aliphatic carbocycles. The van der Waals surface area contributed by atoms with Crippen molar-refractivity contribution in [3.05, 3.63) is 29.8 Å². The normalized spacial score (nSPS) is 21.7. The number of nitrogens with zero attached hydrogens (tertiary/aromatic N) is 1. The topological polar surface area (TPSA) is 90.9 Å². The molecule has 182 valence electrons. The molecule has 1 aliphatic heterocycles. The molecule has 1 heterocycles. The van der Waals surface area contributed by atoms with Crippen molar-refractivity contribution in [2.45, 2.75) is 82.8 Å². The number of esters is 1. The summed E-state index contributed by atoms with van der Waals surface area (Å²) in [5.41, 5.74) is 3.20. The minimum atomic E-state index is -0.495. The molecule has 0 bridgehead atoms. The number of hydroxylamine groups is 1. The van der Waals surface area contributed by atoms with E-state index in [-0.39, 0.29) is 18.1 Å². The Morgan fingerprint density at radius 3 is 2.21 bits per heavy atom. The average molecular weight is 458 g/mol. The fraction of sp³-hybridized carbons (Fsp3) is 0.692. The van der Waals surface area contributed by atoms with E-state index in [0.717, 1.165) is 63.8 Å². The molecule has 0 radical (unpaired) electrons. The summed E-state index contributed by atoms with van der Waals surface area (Å²) in [6.45, 7) is 2.78. The number of amides is 1. The second-order valence-electron chi connectivity index (χ2n) is 10.0. The van der Waals surface area contributed by atoms with Gasteiger partial charge < -0.3 is 15.0 Å². The van der Waals surface area contributed by atoms with E-state index in [0.29, 0.717) is 17.4 Å². The summed E-state index contributed by atoms with van der Waals surface area (Å²) >= 11 is 0. The lowest BCUT2D eigenvalue weighted by molar-refractivity contribution is -0.154. The van der Waals surface area contributed by atoms with Crippen molar-refractivity contribution in [2.24, 2.45) is 11.8 Å². The molecule has 7 nitrogen and oxygen atoms in total. The van der Waals surface area contributed by atoms with Crippen molar-refractivity contribution in [2.75, 3.05) is 24.5 Å². The Balaban J connectivity index is 1.26. The van der Waals surface area contributed by atoms with Gasteiger partial charge in [-0.05, 0) is 94.0 Å². The number of benzene rings is 1. The Morgan fingerprint density at radius 2 is 1.58 bits per heavy atom. The van der Waals surface area contributed by atoms with Gasteiger partial charge in [0.15, 0.2) is 0 Å². The second kappa shape index (κ2) is 11.8. The minimum Gasteiger partial charge on any atom is -0.461 e. The molecule has 1 unspecified atom stereocenters. The van der Waals surface area contributed by atoms with E-state index in [1.165, 1.54) is 32.1 Å². The smallest absolute Gasteiger partial charge is 0.323 e. The van der Waals surface area contributed by atoms with Gasteiger partial charge in [0.25, 0.3) is 5.91 Å². The summed E-state index contributed by atoms with van der Waals surface area (Å²) in [7, 11) is 0. The van der Waals surface area contributed by atoms with Crippen LogP contribution >= 0.6 is 0 Å².